The number of ether oxygens (including phenoxy) is 1. The Bertz CT molecular complexity index is 501. The van der Waals surface area contributed by atoms with Gasteiger partial charge in [0.05, 0.1) is 12.7 Å². The predicted molar refractivity (Wildman–Crippen MR) is 64.8 cm³/mol. The van der Waals surface area contributed by atoms with Crippen molar-refractivity contribution in [1.29, 1.82) is 0 Å². The smallest absolute Gasteiger partial charge is 0.151 e. The van der Waals surface area contributed by atoms with Crippen molar-refractivity contribution >= 4 is 22.9 Å². The molecule has 0 aliphatic carbocycles. The molecule has 0 aliphatic heterocycles. The number of nitrogens with zero attached hydrogens (tertiary/aromatic N) is 2. The Morgan fingerprint density at radius 2 is 2.25 bits per heavy atom. The van der Waals surface area contributed by atoms with Gasteiger partial charge in [-0.05, 0) is 18.2 Å². The van der Waals surface area contributed by atoms with Crippen molar-refractivity contribution in [3.8, 4) is 16.3 Å². The van der Waals surface area contributed by atoms with Crippen molar-refractivity contribution < 1.29 is 4.74 Å². The highest BCUT2D eigenvalue weighted by molar-refractivity contribution is 7.14. The zero-order valence-electron chi connectivity index (χ0n) is 8.61. The number of benzene rings is 1. The van der Waals surface area contributed by atoms with Gasteiger partial charge in [-0.2, -0.15) is 0 Å². The Morgan fingerprint density at radius 3 is 2.88 bits per heavy atom. The zero-order valence-corrected chi connectivity index (χ0v) is 10.2. The second kappa shape index (κ2) is 4.78. The number of halogens is 1. The molecule has 1 aromatic heterocycles. The third-order valence-corrected chi connectivity index (χ3v) is 3.25. The first-order chi connectivity index (χ1) is 7.74. The van der Waals surface area contributed by atoms with Gasteiger partial charge in [-0.15, -0.1) is 10.2 Å². The van der Waals surface area contributed by atoms with E-state index < -0.39 is 0 Å². The lowest BCUT2D eigenvalue weighted by Crippen LogP contribution is -1.94. The van der Waals surface area contributed by atoms with Crippen LogP contribution in [-0.4, -0.2) is 17.3 Å². The predicted octanol–water partition coefficient (Wildman–Crippen LogP) is 2.33. The van der Waals surface area contributed by atoms with Crippen LogP contribution in [0.4, 0.5) is 0 Å². The van der Waals surface area contributed by atoms with Crippen molar-refractivity contribution in [2.75, 3.05) is 7.11 Å². The molecule has 2 aromatic rings. The van der Waals surface area contributed by atoms with Crippen LogP contribution in [0, 0.1) is 0 Å². The summed E-state index contributed by atoms with van der Waals surface area (Å²) in [5.41, 5.74) is 6.33. The maximum Gasteiger partial charge on any atom is 0.151 e. The fourth-order valence-electron chi connectivity index (χ4n) is 1.29. The van der Waals surface area contributed by atoms with E-state index in [2.05, 4.69) is 10.2 Å². The van der Waals surface area contributed by atoms with Crippen molar-refractivity contribution in [3.05, 3.63) is 28.2 Å². The molecule has 0 bridgehead atoms. The monoisotopic (exact) mass is 255 g/mol. The van der Waals surface area contributed by atoms with Crippen LogP contribution in [0.2, 0.25) is 5.02 Å². The summed E-state index contributed by atoms with van der Waals surface area (Å²) in [6, 6.07) is 5.39. The maximum atomic E-state index is 5.94. The largest absolute Gasteiger partial charge is 0.496 e. The van der Waals surface area contributed by atoms with E-state index in [9.17, 15) is 0 Å². The lowest BCUT2D eigenvalue weighted by atomic mass is 10.2. The highest BCUT2D eigenvalue weighted by Crippen LogP contribution is 2.33. The van der Waals surface area contributed by atoms with Crippen molar-refractivity contribution in [1.82, 2.24) is 10.2 Å². The third-order valence-electron chi connectivity index (χ3n) is 2.03. The SMILES string of the molecule is COc1ccc(Cl)cc1-c1nnc(CN)s1. The molecule has 0 aliphatic rings. The van der Waals surface area contributed by atoms with Gasteiger partial charge in [-0.25, -0.2) is 0 Å². The van der Waals surface area contributed by atoms with Gasteiger partial charge in [0.2, 0.25) is 0 Å². The summed E-state index contributed by atoms with van der Waals surface area (Å²) in [5, 5.41) is 10.2. The average Bonchev–Trinajstić information content (AvgIpc) is 2.77. The van der Waals surface area contributed by atoms with Crippen molar-refractivity contribution in [3.63, 3.8) is 0 Å². The molecule has 0 amide bonds. The van der Waals surface area contributed by atoms with Gasteiger partial charge < -0.3 is 10.5 Å². The van der Waals surface area contributed by atoms with Gasteiger partial charge in [-0.3, -0.25) is 0 Å². The highest BCUT2D eigenvalue weighted by atomic mass is 35.5. The Balaban J connectivity index is 2.49. The Hall–Kier alpha value is -1.17. The van der Waals surface area contributed by atoms with Crippen molar-refractivity contribution in [2.45, 2.75) is 6.54 Å². The average molecular weight is 256 g/mol. The van der Waals surface area contributed by atoms with E-state index in [4.69, 9.17) is 22.1 Å². The molecule has 4 nitrogen and oxygen atoms in total. The molecule has 0 unspecified atom stereocenters. The molecule has 0 saturated heterocycles. The lowest BCUT2D eigenvalue weighted by Gasteiger charge is -2.05. The molecule has 84 valence electrons. The first kappa shape index (κ1) is 11.3. The lowest BCUT2D eigenvalue weighted by molar-refractivity contribution is 0.416. The minimum Gasteiger partial charge on any atom is -0.496 e. The first-order valence-electron chi connectivity index (χ1n) is 4.61. The van der Waals surface area contributed by atoms with Gasteiger partial charge in [0.25, 0.3) is 0 Å². The fourth-order valence-corrected chi connectivity index (χ4v) is 2.20. The minimum absolute atomic E-state index is 0.389. The second-order valence-corrected chi connectivity index (χ2v) is 4.55. The molecule has 0 atom stereocenters. The van der Waals surface area contributed by atoms with Gasteiger partial charge in [0.1, 0.15) is 10.8 Å². The number of methoxy groups -OCH3 is 1. The third kappa shape index (κ3) is 2.16. The highest BCUT2D eigenvalue weighted by Gasteiger charge is 2.11. The van der Waals surface area contributed by atoms with E-state index in [1.54, 1.807) is 25.3 Å². The summed E-state index contributed by atoms with van der Waals surface area (Å²) in [4.78, 5) is 0. The normalized spacial score (nSPS) is 10.4. The maximum absolute atomic E-state index is 5.94. The topological polar surface area (TPSA) is 61.0 Å². The summed E-state index contributed by atoms with van der Waals surface area (Å²) in [6.45, 7) is 0.389. The van der Waals surface area contributed by atoms with E-state index in [1.165, 1.54) is 11.3 Å². The molecule has 16 heavy (non-hydrogen) atoms. The quantitative estimate of drug-likeness (QED) is 0.914. The number of hydrogen-bond acceptors (Lipinski definition) is 5. The van der Waals surface area contributed by atoms with E-state index in [-0.39, 0.29) is 0 Å². The van der Waals surface area contributed by atoms with Crippen LogP contribution in [0.15, 0.2) is 18.2 Å². The number of aromatic nitrogens is 2. The minimum atomic E-state index is 0.389. The van der Waals surface area contributed by atoms with Crippen LogP contribution in [0.25, 0.3) is 10.6 Å². The zero-order chi connectivity index (χ0) is 11.5. The summed E-state index contributed by atoms with van der Waals surface area (Å²) in [7, 11) is 1.61. The molecule has 2 N–H and O–H groups in total. The van der Waals surface area contributed by atoms with Crippen LogP contribution >= 0.6 is 22.9 Å². The molecular weight excluding hydrogens is 246 g/mol. The molecular formula is C10H10ClN3OS. The van der Waals surface area contributed by atoms with Crippen LogP contribution in [-0.2, 0) is 6.54 Å². The van der Waals surface area contributed by atoms with E-state index in [1.807, 2.05) is 0 Å². The van der Waals surface area contributed by atoms with Crippen molar-refractivity contribution in [2.24, 2.45) is 5.73 Å². The molecule has 0 radical (unpaired) electrons. The van der Waals surface area contributed by atoms with E-state index in [0.29, 0.717) is 11.6 Å². The fraction of sp³-hybridized carbons (Fsp3) is 0.200. The van der Waals surface area contributed by atoms with Gasteiger partial charge in [-0.1, -0.05) is 22.9 Å². The number of rotatable bonds is 3. The van der Waals surface area contributed by atoms with E-state index in [0.717, 1.165) is 21.3 Å². The standard InChI is InChI=1S/C10H10ClN3OS/c1-15-8-3-2-6(11)4-7(8)10-14-13-9(5-12)16-10/h2-4H,5,12H2,1H3. The Morgan fingerprint density at radius 1 is 1.44 bits per heavy atom. The summed E-state index contributed by atoms with van der Waals surface area (Å²) < 4.78 is 5.25. The summed E-state index contributed by atoms with van der Waals surface area (Å²) in [5.74, 6) is 0.726. The first-order valence-corrected chi connectivity index (χ1v) is 5.80. The van der Waals surface area contributed by atoms with E-state index >= 15 is 0 Å². The Labute approximate surface area is 102 Å². The molecule has 0 fully saturated rings. The van der Waals surface area contributed by atoms with Gasteiger partial charge >= 0.3 is 0 Å². The molecule has 1 heterocycles. The molecule has 6 heteroatoms. The van der Waals surface area contributed by atoms with Crippen LogP contribution in [0.5, 0.6) is 5.75 Å². The second-order valence-electron chi connectivity index (χ2n) is 3.05. The summed E-state index contributed by atoms with van der Waals surface area (Å²) >= 11 is 7.38. The molecule has 0 saturated carbocycles. The molecule has 2 rings (SSSR count). The number of nitrogens with two attached hydrogens (primary N) is 1. The van der Waals surface area contributed by atoms with Crippen LogP contribution < -0.4 is 10.5 Å². The molecule has 1 aromatic carbocycles. The van der Waals surface area contributed by atoms with Gasteiger partial charge in [0.15, 0.2) is 5.01 Å². The molecule has 0 spiro atoms. The van der Waals surface area contributed by atoms with Crippen LogP contribution in [0.1, 0.15) is 5.01 Å². The van der Waals surface area contributed by atoms with Gasteiger partial charge in [0, 0.05) is 11.6 Å². The Kier molecular flexibility index (Phi) is 3.38. The van der Waals surface area contributed by atoms with Crippen LogP contribution in [0.3, 0.4) is 0 Å². The number of hydrogen-bond donors (Lipinski definition) is 1. The summed E-state index contributed by atoms with van der Waals surface area (Å²) in [6.07, 6.45) is 0.